The number of amides is 1. The van der Waals surface area contributed by atoms with Crippen LogP contribution in [0, 0.1) is 5.41 Å². The van der Waals surface area contributed by atoms with Gasteiger partial charge in [0.1, 0.15) is 0 Å². The van der Waals surface area contributed by atoms with Gasteiger partial charge in [-0.25, -0.2) is 0 Å². The fourth-order valence-corrected chi connectivity index (χ4v) is 2.82. The molecular weight excluding hydrogens is 222 g/mol. The van der Waals surface area contributed by atoms with Crippen molar-refractivity contribution < 1.29 is 4.79 Å². The number of piperidine rings is 1. The minimum Gasteiger partial charge on any atom is -0.335 e. The third-order valence-electron chi connectivity index (χ3n) is 3.78. The molecule has 0 bridgehead atoms. The van der Waals surface area contributed by atoms with Crippen LogP contribution >= 0.6 is 0 Å². The molecule has 0 N–H and O–H groups in total. The number of carbonyl (C=O) groups excluding carboxylic acids is 1. The number of hydrogen-bond donors (Lipinski definition) is 0. The first-order valence-electron chi connectivity index (χ1n) is 6.86. The van der Waals surface area contributed by atoms with Gasteiger partial charge in [0.2, 0.25) is 0 Å². The van der Waals surface area contributed by atoms with Crippen LogP contribution in [-0.4, -0.2) is 23.4 Å². The molecule has 1 aromatic carbocycles. The summed E-state index contributed by atoms with van der Waals surface area (Å²) in [4.78, 5) is 14.7. The molecule has 0 spiro atoms. The van der Waals surface area contributed by atoms with Gasteiger partial charge in [-0.2, -0.15) is 0 Å². The number of hydrogen-bond acceptors (Lipinski definition) is 1. The van der Waals surface area contributed by atoms with Crippen LogP contribution in [0.3, 0.4) is 0 Å². The Bertz CT molecular complexity index is 405. The monoisotopic (exact) mass is 245 g/mol. The molecule has 1 fully saturated rings. The highest BCUT2D eigenvalue weighted by atomic mass is 16.2. The van der Waals surface area contributed by atoms with Gasteiger partial charge in [0.15, 0.2) is 0 Å². The second-order valence-corrected chi connectivity index (χ2v) is 6.24. The van der Waals surface area contributed by atoms with Crippen LogP contribution in [0.15, 0.2) is 30.3 Å². The highest BCUT2D eigenvalue weighted by molar-refractivity contribution is 5.94. The van der Waals surface area contributed by atoms with E-state index in [0.29, 0.717) is 6.04 Å². The van der Waals surface area contributed by atoms with Gasteiger partial charge >= 0.3 is 0 Å². The van der Waals surface area contributed by atoms with Crippen molar-refractivity contribution in [2.24, 2.45) is 5.41 Å². The van der Waals surface area contributed by atoms with E-state index in [1.54, 1.807) is 0 Å². The van der Waals surface area contributed by atoms with Gasteiger partial charge in [-0.15, -0.1) is 0 Å². The molecule has 18 heavy (non-hydrogen) atoms. The molecule has 2 heteroatoms. The van der Waals surface area contributed by atoms with Crippen LogP contribution in [0.1, 0.15) is 50.4 Å². The Morgan fingerprint density at radius 1 is 1.17 bits per heavy atom. The van der Waals surface area contributed by atoms with E-state index >= 15 is 0 Å². The lowest BCUT2D eigenvalue weighted by Crippen LogP contribution is -2.50. The van der Waals surface area contributed by atoms with Crippen molar-refractivity contribution in [3.63, 3.8) is 0 Å². The molecule has 0 radical (unpaired) electrons. The molecule has 1 amide bonds. The number of nitrogens with zero attached hydrogens (tertiary/aromatic N) is 1. The molecular formula is C16H23NO. The number of benzene rings is 1. The van der Waals surface area contributed by atoms with E-state index < -0.39 is 0 Å². The molecule has 98 valence electrons. The Kier molecular flexibility index (Phi) is 3.74. The third-order valence-corrected chi connectivity index (χ3v) is 3.78. The number of rotatable bonds is 1. The molecule has 1 aromatic rings. The van der Waals surface area contributed by atoms with Crippen molar-refractivity contribution in [2.75, 3.05) is 6.54 Å². The molecule has 0 saturated carbocycles. The second kappa shape index (κ2) is 5.13. The normalized spacial score (nSPS) is 20.8. The van der Waals surface area contributed by atoms with Gasteiger partial charge in [-0.05, 0) is 36.8 Å². The van der Waals surface area contributed by atoms with E-state index in [0.717, 1.165) is 24.9 Å². The summed E-state index contributed by atoms with van der Waals surface area (Å²) < 4.78 is 0. The zero-order valence-corrected chi connectivity index (χ0v) is 11.6. The van der Waals surface area contributed by atoms with Gasteiger partial charge in [0, 0.05) is 18.2 Å². The van der Waals surface area contributed by atoms with Crippen molar-refractivity contribution in [1.82, 2.24) is 4.90 Å². The summed E-state index contributed by atoms with van der Waals surface area (Å²) in [6, 6.07) is 10.0. The minimum absolute atomic E-state index is 0.158. The summed E-state index contributed by atoms with van der Waals surface area (Å²) in [6.07, 6.45) is 3.49. The van der Waals surface area contributed by atoms with Gasteiger partial charge in [-0.3, -0.25) is 4.79 Å². The van der Waals surface area contributed by atoms with Crippen molar-refractivity contribution in [3.8, 4) is 0 Å². The van der Waals surface area contributed by atoms with Gasteiger partial charge in [-0.1, -0.05) is 39.0 Å². The number of likely N-dealkylation sites (tertiary alicyclic amines) is 1. The summed E-state index contributed by atoms with van der Waals surface area (Å²) in [5, 5.41) is 0. The third kappa shape index (κ3) is 2.74. The van der Waals surface area contributed by atoms with Crippen LogP contribution in [0.2, 0.25) is 0 Å². The zero-order valence-electron chi connectivity index (χ0n) is 11.6. The second-order valence-electron chi connectivity index (χ2n) is 6.24. The van der Waals surface area contributed by atoms with Crippen LogP contribution in [0.4, 0.5) is 0 Å². The average Bonchev–Trinajstić information content (AvgIpc) is 2.38. The Hall–Kier alpha value is -1.31. The summed E-state index contributed by atoms with van der Waals surface area (Å²) >= 11 is 0. The standard InChI is InChI=1S/C16H23NO/c1-16(2,3)14-11-7-8-12-17(14)15(18)13-9-5-4-6-10-13/h4-6,9-10,14H,7-8,11-12H2,1-3H3. The smallest absolute Gasteiger partial charge is 0.254 e. The lowest BCUT2D eigenvalue weighted by molar-refractivity contribution is 0.0397. The zero-order chi connectivity index (χ0) is 13.2. The Labute approximate surface area is 110 Å². The number of carbonyl (C=O) groups is 1. The lowest BCUT2D eigenvalue weighted by Gasteiger charge is -2.43. The molecule has 0 aromatic heterocycles. The predicted molar refractivity (Wildman–Crippen MR) is 74.6 cm³/mol. The van der Waals surface area contributed by atoms with E-state index in [4.69, 9.17) is 0 Å². The Morgan fingerprint density at radius 2 is 1.83 bits per heavy atom. The molecule has 1 unspecified atom stereocenters. The van der Waals surface area contributed by atoms with Crippen LogP contribution in [-0.2, 0) is 0 Å². The summed E-state index contributed by atoms with van der Waals surface area (Å²) in [5.41, 5.74) is 0.971. The van der Waals surface area contributed by atoms with Crippen molar-refractivity contribution in [2.45, 2.75) is 46.1 Å². The molecule has 2 rings (SSSR count). The van der Waals surface area contributed by atoms with Crippen molar-refractivity contribution in [1.29, 1.82) is 0 Å². The van der Waals surface area contributed by atoms with Gasteiger partial charge in [0.25, 0.3) is 5.91 Å². The van der Waals surface area contributed by atoms with Gasteiger partial charge < -0.3 is 4.90 Å². The van der Waals surface area contributed by atoms with E-state index in [2.05, 4.69) is 25.7 Å². The highest BCUT2D eigenvalue weighted by Crippen LogP contribution is 2.32. The maximum atomic E-state index is 12.6. The van der Waals surface area contributed by atoms with Crippen LogP contribution in [0.5, 0.6) is 0 Å². The summed E-state index contributed by atoms with van der Waals surface area (Å²) in [5.74, 6) is 0.190. The SMILES string of the molecule is CC(C)(C)C1CCCCN1C(=O)c1ccccc1. The molecule has 1 aliphatic heterocycles. The van der Waals surface area contributed by atoms with Gasteiger partial charge in [0.05, 0.1) is 0 Å². The fraction of sp³-hybridized carbons (Fsp3) is 0.562. The van der Waals surface area contributed by atoms with Crippen LogP contribution < -0.4 is 0 Å². The molecule has 1 atom stereocenters. The largest absolute Gasteiger partial charge is 0.335 e. The molecule has 2 nitrogen and oxygen atoms in total. The maximum absolute atomic E-state index is 12.6. The average molecular weight is 245 g/mol. The first-order valence-corrected chi connectivity index (χ1v) is 6.86. The van der Waals surface area contributed by atoms with E-state index in [1.807, 2.05) is 30.3 Å². The van der Waals surface area contributed by atoms with Crippen molar-refractivity contribution in [3.05, 3.63) is 35.9 Å². The Morgan fingerprint density at radius 3 is 2.44 bits per heavy atom. The first-order chi connectivity index (χ1) is 8.50. The summed E-state index contributed by atoms with van der Waals surface area (Å²) in [7, 11) is 0. The van der Waals surface area contributed by atoms with E-state index in [1.165, 1.54) is 6.42 Å². The topological polar surface area (TPSA) is 20.3 Å². The van der Waals surface area contributed by atoms with E-state index in [-0.39, 0.29) is 11.3 Å². The van der Waals surface area contributed by atoms with Crippen LogP contribution in [0.25, 0.3) is 0 Å². The lowest BCUT2D eigenvalue weighted by atomic mass is 9.80. The van der Waals surface area contributed by atoms with E-state index in [9.17, 15) is 4.79 Å². The Balaban J connectivity index is 2.22. The highest BCUT2D eigenvalue weighted by Gasteiger charge is 2.35. The molecule has 0 aliphatic carbocycles. The fourth-order valence-electron chi connectivity index (χ4n) is 2.82. The molecule has 1 aliphatic rings. The molecule has 1 heterocycles. The maximum Gasteiger partial charge on any atom is 0.254 e. The summed E-state index contributed by atoms with van der Waals surface area (Å²) in [6.45, 7) is 7.59. The minimum atomic E-state index is 0.158. The quantitative estimate of drug-likeness (QED) is 0.738. The van der Waals surface area contributed by atoms with Crippen molar-refractivity contribution >= 4 is 5.91 Å². The predicted octanol–water partition coefficient (Wildman–Crippen LogP) is 3.73. The molecule has 1 saturated heterocycles. The first kappa shape index (κ1) is 13.1.